The maximum Gasteiger partial charge on any atom is 0.212 e. The molecule has 0 amide bonds. The zero-order chi connectivity index (χ0) is 8.97. The molecule has 12 heavy (non-hydrogen) atoms. The third-order valence-electron chi connectivity index (χ3n) is 1.38. The summed E-state index contributed by atoms with van der Waals surface area (Å²) in [6.07, 6.45) is -1.04. The molecular weight excluding hydrogens is 176 g/mol. The van der Waals surface area contributed by atoms with Crippen molar-refractivity contribution in [1.82, 2.24) is 0 Å². The van der Waals surface area contributed by atoms with E-state index >= 15 is 0 Å². The average Bonchev–Trinajstić information content (AvgIpc) is 2.05. The highest BCUT2D eigenvalue weighted by molar-refractivity contribution is 7.71. The smallest absolute Gasteiger partial charge is 0.212 e. The molecule has 1 aromatic carbocycles. The molecule has 0 bridgehead atoms. The lowest BCUT2D eigenvalue weighted by atomic mass is 10.1. The molecule has 0 aliphatic carbocycles. The van der Waals surface area contributed by atoms with Crippen molar-refractivity contribution in [2.45, 2.75) is 6.10 Å². The Morgan fingerprint density at radius 2 is 1.83 bits per heavy atom. The van der Waals surface area contributed by atoms with Crippen molar-refractivity contribution in [2.24, 2.45) is 0 Å². The number of hydrogen-bond donors (Lipinski definition) is 1. The topological polar surface area (TPSA) is 54.4 Å². The minimum absolute atomic E-state index is 0.571. The van der Waals surface area contributed by atoms with Gasteiger partial charge in [0.2, 0.25) is 10.3 Å². The Balaban J connectivity index is 2.93. The monoisotopic (exact) mass is 184 g/mol. The summed E-state index contributed by atoms with van der Waals surface area (Å²) in [5.41, 5.74) is 0.571. The molecule has 0 aromatic heterocycles. The van der Waals surface area contributed by atoms with Crippen LogP contribution < -0.4 is 0 Å². The van der Waals surface area contributed by atoms with Crippen molar-refractivity contribution in [3.63, 3.8) is 0 Å². The van der Waals surface area contributed by atoms with E-state index in [4.69, 9.17) is 0 Å². The molecule has 0 heterocycles. The lowest BCUT2D eigenvalue weighted by Crippen LogP contribution is -1.98. The molecule has 0 radical (unpaired) electrons. The van der Waals surface area contributed by atoms with Crippen molar-refractivity contribution in [2.75, 3.05) is 0 Å². The maximum absolute atomic E-state index is 10.2. The minimum Gasteiger partial charge on any atom is -0.383 e. The van der Waals surface area contributed by atoms with Crippen LogP contribution in [0.25, 0.3) is 0 Å². The summed E-state index contributed by atoms with van der Waals surface area (Å²) in [7, 11) is -2.32. The van der Waals surface area contributed by atoms with Crippen LogP contribution >= 0.6 is 0 Å². The van der Waals surface area contributed by atoms with Crippen LogP contribution in [-0.4, -0.2) is 18.9 Å². The van der Waals surface area contributed by atoms with E-state index < -0.39 is 16.4 Å². The lowest BCUT2D eigenvalue weighted by Gasteiger charge is -2.01. The molecule has 4 heteroatoms. The molecular formula is C8H8O3S. The van der Waals surface area contributed by atoms with Gasteiger partial charge in [-0.25, -0.2) is 0 Å². The summed E-state index contributed by atoms with van der Waals surface area (Å²) in [5.74, 6) is 0. The first-order chi connectivity index (χ1) is 5.70. The van der Waals surface area contributed by atoms with Gasteiger partial charge in [-0.15, -0.1) is 0 Å². The van der Waals surface area contributed by atoms with Crippen LogP contribution in [0.1, 0.15) is 11.7 Å². The van der Waals surface area contributed by atoms with E-state index in [1.165, 1.54) is 0 Å². The van der Waals surface area contributed by atoms with E-state index in [9.17, 15) is 13.5 Å². The van der Waals surface area contributed by atoms with Crippen molar-refractivity contribution in [3.05, 3.63) is 35.9 Å². The van der Waals surface area contributed by atoms with Gasteiger partial charge in [0, 0.05) is 0 Å². The van der Waals surface area contributed by atoms with Crippen molar-refractivity contribution in [3.8, 4) is 0 Å². The van der Waals surface area contributed by atoms with Gasteiger partial charge in [0.25, 0.3) is 0 Å². The van der Waals surface area contributed by atoms with E-state index in [1.807, 2.05) is 0 Å². The van der Waals surface area contributed by atoms with Gasteiger partial charge in [-0.1, -0.05) is 30.3 Å². The van der Waals surface area contributed by atoms with Crippen LogP contribution in [0.3, 0.4) is 0 Å². The Labute approximate surface area is 71.8 Å². The van der Waals surface area contributed by atoms with Crippen molar-refractivity contribution in [1.29, 1.82) is 0 Å². The second-order valence-corrected chi connectivity index (χ2v) is 3.05. The number of aliphatic hydroxyl groups is 1. The van der Waals surface area contributed by atoms with Crippen LogP contribution in [0, 0.1) is 0 Å². The molecule has 0 saturated heterocycles. The molecule has 64 valence electrons. The summed E-state index contributed by atoms with van der Waals surface area (Å²) >= 11 is 0. The maximum atomic E-state index is 10.2. The number of aliphatic hydroxyl groups excluding tert-OH is 1. The summed E-state index contributed by atoms with van der Waals surface area (Å²) in [4.78, 5) is 0. The van der Waals surface area contributed by atoms with Gasteiger partial charge < -0.3 is 5.11 Å². The number of hydrogen-bond acceptors (Lipinski definition) is 3. The molecule has 0 aliphatic rings. The molecule has 0 unspecified atom stereocenters. The molecule has 0 spiro atoms. The van der Waals surface area contributed by atoms with Crippen LogP contribution in [0.4, 0.5) is 0 Å². The predicted octanol–water partition coefficient (Wildman–Crippen LogP) is 0.401. The van der Waals surface area contributed by atoms with Gasteiger partial charge in [-0.2, -0.15) is 8.42 Å². The van der Waals surface area contributed by atoms with E-state index in [-0.39, 0.29) is 0 Å². The van der Waals surface area contributed by atoms with E-state index in [0.717, 1.165) is 5.37 Å². The van der Waals surface area contributed by atoms with E-state index in [1.54, 1.807) is 30.3 Å². The predicted molar refractivity (Wildman–Crippen MR) is 46.4 cm³/mol. The Morgan fingerprint density at radius 1 is 1.25 bits per heavy atom. The fourth-order valence-corrected chi connectivity index (χ4v) is 1.20. The van der Waals surface area contributed by atoms with Crippen LogP contribution in [-0.2, 0) is 10.3 Å². The number of benzene rings is 1. The van der Waals surface area contributed by atoms with Crippen molar-refractivity contribution < 1.29 is 13.5 Å². The quantitative estimate of drug-likeness (QED) is 0.677. The highest BCUT2D eigenvalue weighted by Gasteiger charge is 2.01. The SMILES string of the molecule is O=S(=O)=C[C@H](O)c1ccccc1. The van der Waals surface area contributed by atoms with E-state index in [2.05, 4.69) is 0 Å². The van der Waals surface area contributed by atoms with Gasteiger partial charge in [0.15, 0.2) is 0 Å². The van der Waals surface area contributed by atoms with Gasteiger partial charge >= 0.3 is 0 Å². The zero-order valence-corrected chi connectivity index (χ0v) is 7.03. The first kappa shape index (κ1) is 8.96. The Kier molecular flexibility index (Phi) is 3.01. The van der Waals surface area contributed by atoms with Crippen molar-refractivity contribution >= 4 is 15.7 Å². The van der Waals surface area contributed by atoms with Crippen LogP contribution in [0.2, 0.25) is 0 Å². The third kappa shape index (κ3) is 2.48. The number of rotatable bonds is 2. The highest BCUT2D eigenvalue weighted by Crippen LogP contribution is 2.08. The summed E-state index contributed by atoms with van der Waals surface area (Å²) in [6, 6.07) is 8.59. The second-order valence-electron chi connectivity index (χ2n) is 2.25. The highest BCUT2D eigenvalue weighted by atomic mass is 32.2. The summed E-state index contributed by atoms with van der Waals surface area (Å²) < 4.78 is 20.3. The average molecular weight is 184 g/mol. The third-order valence-corrected chi connectivity index (χ3v) is 1.86. The normalized spacial score (nSPS) is 12.1. The van der Waals surface area contributed by atoms with Crippen LogP contribution in [0.15, 0.2) is 30.3 Å². The first-order valence-corrected chi connectivity index (χ1v) is 4.50. The Morgan fingerprint density at radius 3 is 2.33 bits per heavy atom. The molecule has 1 rings (SSSR count). The molecule has 1 atom stereocenters. The molecule has 1 aromatic rings. The fourth-order valence-electron chi connectivity index (χ4n) is 0.834. The van der Waals surface area contributed by atoms with E-state index in [0.29, 0.717) is 5.56 Å². The fraction of sp³-hybridized carbons (Fsp3) is 0.125. The first-order valence-electron chi connectivity index (χ1n) is 3.36. The Hall–Kier alpha value is -1.13. The lowest BCUT2D eigenvalue weighted by molar-refractivity contribution is 0.254. The standard InChI is InChI=1S/C8H8O3S/c9-8(6-12(10)11)7-4-2-1-3-5-7/h1-6,8-9H/t8-/m0/s1. The molecule has 3 nitrogen and oxygen atoms in total. The molecule has 0 aliphatic heterocycles. The van der Waals surface area contributed by atoms with Gasteiger partial charge in [0.05, 0.1) is 5.37 Å². The largest absolute Gasteiger partial charge is 0.383 e. The van der Waals surface area contributed by atoms with Gasteiger partial charge in [-0.3, -0.25) is 0 Å². The minimum atomic E-state index is -2.32. The van der Waals surface area contributed by atoms with Crippen LogP contribution in [0.5, 0.6) is 0 Å². The Bertz CT molecular complexity index is 359. The zero-order valence-electron chi connectivity index (χ0n) is 6.21. The summed E-state index contributed by atoms with van der Waals surface area (Å²) in [6.45, 7) is 0. The summed E-state index contributed by atoms with van der Waals surface area (Å²) in [5, 5.41) is 10.1. The van der Waals surface area contributed by atoms with Gasteiger partial charge in [-0.05, 0) is 5.56 Å². The second kappa shape index (κ2) is 4.04. The molecule has 0 saturated carbocycles. The molecule has 0 fully saturated rings. The van der Waals surface area contributed by atoms with Gasteiger partial charge in [0.1, 0.15) is 6.10 Å². The molecule has 1 N–H and O–H groups in total.